The molecule has 0 amide bonds. The molecule has 0 spiro atoms. The molecule has 1 unspecified atom stereocenters. The molecule has 0 aliphatic carbocycles. The number of halogens is 5. The number of alkyl halides is 1. The highest BCUT2D eigenvalue weighted by molar-refractivity contribution is 9.10. The summed E-state index contributed by atoms with van der Waals surface area (Å²) < 4.78 is 13.9. The fourth-order valence-electron chi connectivity index (χ4n) is 1.56. The van der Waals surface area contributed by atoms with Crippen molar-refractivity contribution in [2.75, 3.05) is 0 Å². The molecule has 0 radical (unpaired) electrons. The fourth-order valence-corrected chi connectivity index (χ4v) is 2.70. The van der Waals surface area contributed by atoms with Gasteiger partial charge in [0.15, 0.2) is 0 Å². The first-order valence-electron chi connectivity index (χ1n) is 5.03. The second kappa shape index (κ2) is 5.79. The van der Waals surface area contributed by atoms with E-state index in [-0.39, 0.29) is 5.82 Å². The molecule has 0 aromatic heterocycles. The lowest BCUT2D eigenvalue weighted by molar-refractivity contribution is 0.619. The zero-order chi connectivity index (χ0) is 13.3. The van der Waals surface area contributed by atoms with E-state index in [1.807, 2.05) is 0 Å². The molecule has 0 aliphatic rings. The van der Waals surface area contributed by atoms with Crippen LogP contribution in [0.5, 0.6) is 0 Å². The molecule has 5 heteroatoms. The minimum atomic E-state index is -0.516. The molecule has 18 heavy (non-hydrogen) atoms. The maximum atomic E-state index is 13.5. The van der Waals surface area contributed by atoms with Gasteiger partial charge in [-0.05, 0) is 51.3 Å². The Morgan fingerprint density at radius 2 is 1.78 bits per heavy atom. The maximum Gasteiger partial charge on any atom is 0.137 e. The molecule has 0 aliphatic heterocycles. The van der Waals surface area contributed by atoms with Gasteiger partial charge in [0.05, 0.1) is 9.85 Å². The molecule has 2 aromatic rings. The molecule has 2 rings (SSSR count). The lowest BCUT2D eigenvalue weighted by Gasteiger charge is -2.13. The Balaban J connectivity index is 2.41. The third-order valence-electron chi connectivity index (χ3n) is 2.47. The molecule has 94 valence electrons. The highest BCUT2D eigenvalue weighted by Gasteiger charge is 2.15. The molecule has 0 fully saturated rings. The molecule has 0 bridgehead atoms. The van der Waals surface area contributed by atoms with E-state index in [0.717, 1.165) is 0 Å². The average Bonchev–Trinajstić information content (AvgIpc) is 2.32. The highest BCUT2D eigenvalue weighted by atomic mass is 79.9. The topological polar surface area (TPSA) is 0 Å². The maximum absolute atomic E-state index is 13.5. The normalized spacial score (nSPS) is 12.5. The van der Waals surface area contributed by atoms with Crippen LogP contribution in [0.1, 0.15) is 16.5 Å². The number of rotatable bonds is 2. The van der Waals surface area contributed by atoms with Gasteiger partial charge in [0.25, 0.3) is 0 Å². The zero-order valence-electron chi connectivity index (χ0n) is 8.93. The molecule has 0 heterocycles. The molecule has 0 N–H and O–H groups in total. The average molecular weight is 368 g/mol. The van der Waals surface area contributed by atoms with Crippen LogP contribution in [-0.4, -0.2) is 0 Å². The second-order valence-corrected chi connectivity index (χ2v) is 5.84. The Morgan fingerprint density at radius 1 is 1.06 bits per heavy atom. The van der Waals surface area contributed by atoms with Crippen molar-refractivity contribution in [3.63, 3.8) is 0 Å². The predicted molar refractivity (Wildman–Crippen MR) is 78.3 cm³/mol. The molecule has 2 aromatic carbocycles. The number of benzene rings is 2. The smallest absolute Gasteiger partial charge is 0.137 e. The lowest BCUT2D eigenvalue weighted by atomic mass is 10.0. The van der Waals surface area contributed by atoms with Gasteiger partial charge in [0, 0.05) is 10.0 Å². The zero-order valence-corrected chi connectivity index (χ0v) is 12.8. The van der Waals surface area contributed by atoms with Gasteiger partial charge in [-0.15, -0.1) is 11.6 Å². The quantitative estimate of drug-likeness (QED) is 0.552. The summed E-state index contributed by atoms with van der Waals surface area (Å²) in [6, 6.07) is 9.80. The van der Waals surface area contributed by atoms with Crippen molar-refractivity contribution in [3.05, 3.63) is 67.9 Å². The van der Waals surface area contributed by atoms with Crippen LogP contribution < -0.4 is 0 Å². The minimum Gasteiger partial charge on any atom is -0.206 e. The number of hydrogen-bond donors (Lipinski definition) is 0. The van der Waals surface area contributed by atoms with Crippen molar-refractivity contribution >= 4 is 50.7 Å². The van der Waals surface area contributed by atoms with Crippen LogP contribution in [0.2, 0.25) is 10.0 Å². The Kier molecular flexibility index (Phi) is 4.54. The van der Waals surface area contributed by atoms with Crippen LogP contribution in [0.4, 0.5) is 4.39 Å². The first-order chi connectivity index (χ1) is 8.49. The first kappa shape index (κ1) is 14.1. The minimum absolute atomic E-state index is 0.358. The van der Waals surface area contributed by atoms with Crippen LogP contribution in [0.15, 0.2) is 40.9 Å². The molecule has 1 atom stereocenters. The van der Waals surface area contributed by atoms with Gasteiger partial charge in [-0.3, -0.25) is 0 Å². The van der Waals surface area contributed by atoms with Crippen molar-refractivity contribution in [1.82, 2.24) is 0 Å². The van der Waals surface area contributed by atoms with Crippen LogP contribution in [0.25, 0.3) is 0 Å². The van der Waals surface area contributed by atoms with Crippen LogP contribution >= 0.6 is 50.7 Å². The summed E-state index contributed by atoms with van der Waals surface area (Å²) in [6.45, 7) is 0. The Hall–Kier alpha value is -0.280. The van der Waals surface area contributed by atoms with E-state index in [2.05, 4.69) is 15.9 Å². The summed E-state index contributed by atoms with van der Waals surface area (Å²) in [4.78, 5) is 0. The van der Waals surface area contributed by atoms with E-state index in [1.54, 1.807) is 30.3 Å². The fraction of sp³-hybridized carbons (Fsp3) is 0.0769. The van der Waals surface area contributed by atoms with Crippen molar-refractivity contribution in [1.29, 1.82) is 0 Å². The summed E-state index contributed by atoms with van der Waals surface area (Å²) in [7, 11) is 0. The highest BCUT2D eigenvalue weighted by Crippen LogP contribution is 2.35. The van der Waals surface area contributed by atoms with E-state index >= 15 is 0 Å². The van der Waals surface area contributed by atoms with Crippen LogP contribution in [0, 0.1) is 5.82 Å². The molecule has 0 nitrogen and oxygen atoms in total. The third-order valence-corrected chi connectivity index (χ3v) is 4.16. The van der Waals surface area contributed by atoms with Gasteiger partial charge in [-0.25, -0.2) is 4.39 Å². The largest absolute Gasteiger partial charge is 0.206 e. The molecule has 0 saturated heterocycles. The summed E-state index contributed by atoms with van der Waals surface area (Å²) >= 11 is 21.3. The first-order valence-corrected chi connectivity index (χ1v) is 7.01. The Labute approximate surface area is 128 Å². The monoisotopic (exact) mass is 366 g/mol. The van der Waals surface area contributed by atoms with Gasteiger partial charge in [0.2, 0.25) is 0 Å². The summed E-state index contributed by atoms with van der Waals surface area (Å²) in [5, 5.41) is 0.484. The number of hydrogen-bond acceptors (Lipinski definition) is 0. The van der Waals surface area contributed by atoms with E-state index in [1.165, 1.54) is 6.07 Å². The lowest BCUT2D eigenvalue weighted by Crippen LogP contribution is -1.95. The van der Waals surface area contributed by atoms with E-state index in [0.29, 0.717) is 25.6 Å². The van der Waals surface area contributed by atoms with Crippen molar-refractivity contribution in [2.24, 2.45) is 0 Å². The summed E-state index contributed by atoms with van der Waals surface area (Å²) in [6.07, 6.45) is 0. The summed E-state index contributed by atoms with van der Waals surface area (Å²) in [5.41, 5.74) is 1.34. The van der Waals surface area contributed by atoms with Gasteiger partial charge < -0.3 is 0 Å². The Morgan fingerprint density at radius 3 is 2.39 bits per heavy atom. The molecular weight excluding hydrogens is 361 g/mol. The second-order valence-electron chi connectivity index (χ2n) is 3.70. The van der Waals surface area contributed by atoms with E-state index < -0.39 is 5.38 Å². The Bertz CT molecular complexity index is 586. The van der Waals surface area contributed by atoms with Crippen molar-refractivity contribution in [3.8, 4) is 0 Å². The standard InChI is InChI=1S/C13H7BrCl3F/c14-10-4-1-7(5-12(10)18)13(17)9-3-2-8(15)6-11(9)16/h1-6,13H. The molecule has 0 saturated carbocycles. The van der Waals surface area contributed by atoms with Gasteiger partial charge in [0.1, 0.15) is 5.82 Å². The van der Waals surface area contributed by atoms with Crippen molar-refractivity contribution in [2.45, 2.75) is 5.38 Å². The molecular formula is C13H7BrCl3F. The SMILES string of the molecule is Fc1cc(C(Cl)c2ccc(Cl)cc2Cl)ccc1Br. The van der Waals surface area contributed by atoms with Gasteiger partial charge >= 0.3 is 0 Å². The predicted octanol–water partition coefficient (Wildman–Crippen LogP) is 6.22. The van der Waals surface area contributed by atoms with Crippen LogP contribution in [0.3, 0.4) is 0 Å². The van der Waals surface area contributed by atoms with E-state index in [9.17, 15) is 4.39 Å². The van der Waals surface area contributed by atoms with Gasteiger partial charge in [-0.2, -0.15) is 0 Å². The van der Waals surface area contributed by atoms with E-state index in [4.69, 9.17) is 34.8 Å². The van der Waals surface area contributed by atoms with Crippen LogP contribution in [-0.2, 0) is 0 Å². The summed E-state index contributed by atoms with van der Waals surface area (Å²) in [5.74, 6) is -0.358. The van der Waals surface area contributed by atoms with Crippen molar-refractivity contribution < 1.29 is 4.39 Å². The van der Waals surface area contributed by atoms with Gasteiger partial charge in [-0.1, -0.05) is 35.3 Å². The third kappa shape index (κ3) is 3.00.